The molecule has 23 heavy (non-hydrogen) atoms. The molecule has 0 fully saturated rings. The number of alkyl halides is 3. The molecule has 4 nitrogen and oxygen atoms in total. The van der Waals surface area contributed by atoms with Crippen LogP contribution < -0.4 is 10.2 Å². The molecule has 0 spiro atoms. The average Bonchev–Trinajstić information content (AvgIpc) is 2.42. The minimum Gasteiger partial charge on any atom is -0.347 e. The number of carbonyl (C=O) groups excluding carboxylic acids is 2. The van der Waals surface area contributed by atoms with Crippen molar-refractivity contribution in [3.63, 3.8) is 0 Å². The summed E-state index contributed by atoms with van der Waals surface area (Å²) in [5, 5.41) is 2.36. The van der Waals surface area contributed by atoms with Crippen LogP contribution in [0.5, 0.6) is 0 Å². The van der Waals surface area contributed by atoms with Crippen molar-refractivity contribution in [2.45, 2.75) is 32.0 Å². The normalized spacial score (nSPS) is 11.7. The summed E-state index contributed by atoms with van der Waals surface area (Å²) in [4.78, 5) is 24.9. The van der Waals surface area contributed by atoms with Crippen LogP contribution in [0.2, 0.25) is 0 Å². The Morgan fingerprint density at radius 2 is 1.74 bits per heavy atom. The van der Waals surface area contributed by atoms with E-state index in [-0.39, 0.29) is 11.5 Å². The fourth-order valence-electron chi connectivity index (χ4n) is 2.03. The average molecular weight is 328 g/mol. The highest BCUT2D eigenvalue weighted by Gasteiger charge is 2.37. The monoisotopic (exact) mass is 328 g/mol. The van der Waals surface area contributed by atoms with Gasteiger partial charge in [-0.15, -0.1) is 0 Å². The van der Waals surface area contributed by atoms with Crippen molar-refractivity contribution in [3.8, 4) is 0 Å². The van der Waals surface area contributed by atoms with Gasteiger partial charge in [0, 0.05) is 23.8 Å². The van der Waals surface area contributed by atoms with E-state index < -0.39 is 24.0 Å². The summed E-state index contributed by atoms with van der Waals surface area (Å²) in [6.07, 6.45) is -4.34. The molecule has 7 heteroatoms. The van der Waals surface area contributed by atoms with Gasteiger partial charge in [0.1, 0.15) is 0 Å². The molecule has 0 aliphatic carbocycles. The summed E-state index contributed by atoms with van der Waals surface area (Å²) in [6.45, 7) is 5.99. The van der Waals surface area contributed by atoms with E-state index in [1.807, 2.05) is 0 Å². The van der Waals surface area contributed by atoms with Gasteiger partial charge in [-0.2, -0.15) is 13.2 Å². The quantitative estimate of drug-likeness (QED) is 0.843. The van der Waals surface area contributed by atoms with Crippen molar-refractivity contribution in [2.24, 2.45) is 0 Å². The van der Waals surface area contributed by atoms with Gasteiger partial charge in [-0.25, -0.2) is 0 Å². The summed E-state index contributed by atoms with van der Waals surface area (Å²) >= 11 is 0. The van der Waals surface area contributed by atoms with Gasteiger partial charge in [-0.05, 0) is 44.2 Å². The summed E-state index contributed by atoms with van der Waals surface area (Å²) in [5.74, 6) is -0.919. The van der Waals surface area contributed by atoms with Crippen LogP contribution in [-0.2, 0) is 4.79 Å². The Morgan fingerprint density at radius 3 is 2.17 bits per heavy atom. The van der Waals surface area contributed by atoms with Gasteiger partial charge in [0.05, 0.1) is 6.42 Å². The van der Waals surface area contributed by atoms with Crippen molar-refractivity contribution in [1.82, 2.24) is 5.32 Å². The Labute approximate surface area is 133 Å². The number of nitrogens with zero attached hydrogens (tertiary/aromatic N) is 1. The first-order valence-corrected chi connectivity index (χ1v) is 6.85. The van der Waals surface area contributed by atoms with Gasteiger partial charge in [0.25, 0.3) is 5.91 Å². The van der Waals surface area contributed by atoms with Gasteiger partial charge in [0.2, 0.25) is 5.91 Å². The maximum Gasteiger partial charge on any atom is 0.391 e. The molecule has 0 saturated carbocycles. The molecule has 0 aliphatic heterocycles. The summed E-state index contributed by atoms with van der Waals surface area (Å²) in [5.41, 5.74) is -0.659. The van der Waals surface area contributed by atoms with Gasteiger partial charge < -0.3 is 10.2 Å². The van der Waals surface area contributed by atoms with Crippen molar-refractivity contribution >= 4 is 17.5 Å². The molecule has 0 heterocycles. The molecule has 2 amide bonds. The largest absolute Gasteiger partial charge is 0.391 e. The van der Waals surface area contributed by atoms with E-state index in [1.54, 1.807) is 7.05 Å². The summed E-state index contributed by atoms with van der Waals surface area (Å²) < 4.78 is 37.4. The Morgan fingerprint density at radius 1 is 1.22 bits per heavy atom. The maximum atomic E-state index is 12.5. The van der Waals surface area contributed by atoms with Crippen LogP contribution in [0.3, 0.4) is 0 Å². The molecule has 0 atom stereocenters. The Balaban J connectivity index is 2.82. The molecule has 1 aromatic carbocycles. The van der Waals surface area contributed by atoms with Crippen LogP contribution in [0.4, 0.5) is 18.9 Å². The SMILES string of the molecule is C=CC(=O)N(C)c1ccc(C(=O)NC(C)(C)CC(F)(F)F)cc1. The van der Waals surface area contributed by atoms with Crippen molar-refractivity contribution in [1.29, 1.82) is 0 Å². The number of nitrogens with one attached hydrogen (secondary N) is 1. The topological polar surface area (TPSA) is 49.4 Å². The molecular formula is C16H19F3N2O2. The number of carbonyl (C=O) groups is 2. The molecule has 0 bridgehead atoms. The van der Waals surface area contributed by atoms with Crippen LogP contribution >= 0.6 is 0 Å². The third-order valence-corrected chi connectivity index (χ3v) is 3.12. The molecule has 0 aromatic heterocycles. The van der Waals surface area contributed by atoms with Gasteiger partial charge >= 0.3 is 6.18 Å². The Kier molecular flexibility index (Phi) is 5.58. The van der Waals surface area contributed by atoms with E-state index >= 15 is 0 Å². The highest BCUT2D eigenvalue weighted by Crippen LogP contribution is 2.27. The first kappa shape index (κ1) is 18.7. The van der Waals surface area contributed by atoms with Crippen molar-refractivity contribution in [2.75, 3.05) is 11.9 Å². The predicted octanol–water partition coefficient (Wildman–Crippen LogP) is 3.30. The second-order valence-corrected chi connectivity index (χ2v) is 5.78. The highest BCUT2D eigenvalue weighted by molar-refractivity contribution is 6.01. The van der Waals surface area contributed by atoms with Crippen LogP contribution in [0, 0.1) is 0 Å². The van der Waals surface area contributed by atoms with E-state index in [0.29, 0.717) is 5.69 Å². The highest BCUT2D eigenvalue weighted by atomic mass is 19.4. The van der Waals surface area contributed by atoms with Gasteiger partial charge in [0.15, 0.2) is 0 Å². The summed E-state index contributed by atoms with van der Waals surface area (Å²) in [6, 6.07) is 5.96. The summed E-state index contributed by atoms with van der Waals surface area (Å²) in [7, 11) is 1.55. The van der Waals surface area contributed by atoms with Crippen molar-refractivity contribution in [3.05, 3.63) is 42.5 Å². The van der Waals surface area contributed by atoms with Crippen LogP contribution in [0.1, 0.15) is 30.6 Å². The lowest BCUT2D eigenvalue weighted by molar-refractivity contribution is -0.146. The van der Waals surface area contributed by atoms with Gasteiger partial charge in [-0.1, -0.05) is 6.58 Å². The third-order valence-electron chi connectivity index (χ3n) is 3.12. The van der Waals surface area contributed by atoms with Crippen LogP contribution in [0.25, 0.3) is 0 Å². The lowest BCUT2D eigenvalue weighted by atomic mass is 9.99. The number of hydrogen-bond acceptors (Lipinski definition) is 2. The standard InChI is InChI=1S/C16H19F3N2O2/c1-5-13(22)21(4)12-8-6-11(7-9-12)14(23)20-15(2,3)10-16(17,18)19/h5-9H,1,10H2,2-4H3,(H,20,23). The molecule has 1 N–H and O–H groups in total. The smallest absolute Gasteiger partial charge is 0.347 e. The first-order chi connectivity index (χ1) is 10.4. The Hall–Kier alpha value is -2.31. The fourth-order valence-corrected chi connectivity index (χ4v) is 2.03. The zero-order valence-corrected chi connectivity index (χ0v) is 13.2. The Bertz CT molecular complexity index is 592. The number of benzene rings is 1. The molecule has 0 saturated heterocycles. The number of amides is 2. The number of hydrogen-bond donors (Lipinski definition) is 1. The first-order valence-electron chi connectivity index (χ1n) is 6.85. The minimum atomic E-state index is -4.37. The van der Waals surface area contributed by atoms with E-state index in [0.717, 1.165) is 6.08 Å². The molecule has 0 radical (unpaired) electrons. The van der Waals surface area contributed by atoms with Crippen molar-refractivity contribution < 1.29 is 22.8 Å². The molecule has 0 unspecified atom stereocenters. The van der Waals surface area contributed by atoms with E-state index in [1.165, 1.54) is 43.0 Å². The molecule has 1 rings (SSSR count). The minimum absolute atomic E-state index is 0.212. The zero-order chi connectivity index (χ0) is 17.8. The van der Waals surface area contributed by atoms with Gasteiger partial charge in [-0.3, -0.25) is 9.59 Å². The molecular weight excluding hydrogens is 309 g/mol. The maximum absolute atomic E-state index is 12.5. The van der Waals surface area contributed by atoms with E-state index in [2.05, 4.69) is 11.9 Å². The number of anilines is 1. The lowest BCUT2D eigenvalue weighted by Gasteiger charge is -2.27. The number of rotatable bonds is 5. The number of halogens is 3. The molecule has 1 aromatic rings. The zero-order valence-electron chi connectivity index (χ0n) is 13.2. The van der Waals surface area contributed by atoms with E-state index in [4.69, 9.17) is 0 Å². The molecule has 0 aliphatic rings. The second kappa shape index (κ2) is 6.85. The lowest BCUT2D eigenvalue weighted by Crippen LogP contribution is -2.46. The van der Waals surface area contributed by atoms with Crippen LogP contribution in [-0.4, -0.2) is 30.6 Å². The predicted molar refractivity (Wildman–Crippen MR) is 82.3 cm³/mol. The second-order valence-electron chi connectivity index (χ2n) is 5.78. The van der Waals surface area contributed by atoms with Crippen LogP contribution in [0.15, 0.2) is 36.9 Å². The molecule has 126 valence electrons. The van der Waals surface area contributed by atoms with E-state index in [9.17, 15) is 22.8 Å². The fraction of sp³-hybridized carbons (Fsp3) is 0.375. The number of likely N-dealkylation sites (N-methyl/N-ethyl adjacent to an activating group) is 1. The third kappa shape index (κ3) is 5.77.